The molecule has 9 nitrogen and oxygen atoms in total. The largest absolute Gasteiger partial charge is 0.416 e. The highest BCUT2D eigenvalue weighted by atomic mass is 19.4. The van der Waals surface area contributed by atoms with Crippen molar-refractivity contribution in [1.82, 2.24) is 35.1 Å². The van der Waals surface area contributed by atoms with Crippen LogP contribution in [-0.4, -0.2) is 54.1 Å². The van der Waals surface area contributed by atoms with E-state index in [4.69, 9.17) is 0 Å². The Labute approximate surface area is 222 Å². The molecule has 2 aromatic heterocycles. The van der Waals surface area contributed by atoms with Gasteiger partial charge in [0.05, 0.1) is 16.8 Å². The fourth-order valence-electron chi connectivity index (χ4n) is 4.39. The van der Waals surface area contributed by atoms with Gasteiger partial charge in [0.1, 0.15) is 17.7 Å². The molecule has 208 valence electrons. The normalized spacial score (nSPS) is 14.4. The average molecular weight is 562 g/mol. The summed E-state index contributed by atoms with van der Waals surface area (Å²) in [5.74, 6) is -0.467. The molecule has 0 radical (unpaired) electrons. The quantitative estimate of drug-likeness (QED) is 0.352. The first-order valence-corrected chi connectivity index (χ1v) is 11.9. The first kappa shape index (κ1) is 27.0. The molecule has 0 saturated heterocycles. The predicted molar refractivity (Wildman–Crippen MR) is 129 cm³/mol. The third kappa shape index (κ3) is 5.44. The van der Waals surface area contributed by atoms with Gasteiger partial charge in [-0.2, -0.15) is 36.0 Å². The van der Waals surface area contributed by atoms with Crippen molar-refractivity contribution in [2.75, 3.05) is 18.4 Å². The Morgan fingerprint density at radius 3 is 2.30 bits per heavy atom. The minimum absolute atomic E-state index is 0.0221. The number of carbonyl (C=O) groups is 1. The summed E-state index contributed by atoms with van der Waals surface area (Å²) in [4.78, 5) is 24.1. The molecule has 1 N–H and O–H groups in total. The van der Waals surface area contributed by atoms with Gasteiger partial charge in [-0.1, -0.05) is 24.3 Å². The Kier molecular flexibility index (Phi) is 6.89. The number of anilines is 1. The van der Waals surface area contributed by atoms with Crippen LogP contribution in [0, 0.1) is 6.92 Å². The summed E-state index contributed by atoms with van der Waals surface area (Å²) in [6.45, 7) is 1.69. The number of halogens is 6. The second-order valence-corrected chi connectivity index (χ2v) is 9.09. The Bertz CT molecular complexity index is 1520. The SMILES string of the molecule is Cc1ccccc1-c1nc(-n2cnnn2)nc2c1C(=O)N(Cc1cc(C(F)(F)F)cc(C(F)(F)F)c1)CCCN2. The number of rotatable bonds is 4. The number of carbonyl (C=O) groups excluding carboxylic acids is 1. The Morgan fingerprint density at radius 2 is 1.68 bits per heavy atom. The number of alkyl halides is 6. The van der Waals surface area contributed by atoms with Gasteiger partial charge in [0.2, 0.25) is 0 Å². The van der Waals surface area contributed by atoms with Gasteiger partial charge in [-0.3, -0.25) is 4.79 Å². The van der Waals surface area contributed by atoms with E-state index in [0.29, 0.717) is 30.7 Å². The van der Waals surface area contributed by atoms with Gasteiger partial charge < -0.3 is 10.2 Å². The van der Waals surface area contributed by atoms with Gasteiger partial charge in [0.15, 0.2) is 0 Å². The van der Waals surface area contributed by atoms with Crippen LogP contribution in [0.3, 0.4) is 0 Å². The van der Waals surface area contributed by atoms with Gasteiger partial charge in [0, 0.05) is 25.2 Å². The summed E-state index contributed by atoms with van der Waals surface area (Å²) in [6.07, 6.45) is -8.40. The van der Waals surface area contributed by atoms with E-state index in [0.717, 1.165) is 5.56 Å². The van der Waals surface area contributed by atoms with Crippen LogP contribution in [0.1, 0.15) is 39.0 Å². The van der Waals surface area contributed by atoms with Crippen molar-refractivity contribution in [1.29, 1.82) is 0 Å². The van der Waals surface area contributed by atoms with Crippen molar-refractivity contribution in [3.63, 3.8) is 0 Å². The van der Waals surface area contributed by atoms with Crippen molar-refractivity contribution in [2.24, 2.45) is 0 Å². The molecule has 15 heteroatoms. The van der Waals surface area contributed by atoms with Gasteiger partial charge >= 0.3 is 12.4 Å². The molecule has 0 fully saturated rings. The molecule has 1 amide bonds. The van der Waals surface area contributed by atoms with Crippen LogP contribution >= 0.6 is 0 Å². The van der Waals surface area contributed by atoms with Crippen LogP contribution in [0.2, 0.25) is 0 Å². The maximum Gasteiger partial charge on any atom is 0.416 e. The Morgan fingerprint density at radius 1 is 0.975 bits per heavy atom. The predicted octanol–water partition coefficient (Wildman–Crippen LogP) is 4.92. The summed E-state index contributed by atoms with van der Waals surface area (Å²) < 4.78 is 81.9. The number of nitrogens with one attached hydrogen (secondary N) is 1. The van der Waals surface area contributed by atoms with E-state index in [2.05, 4.69) is 30.8 Å². The second-order valence-electron chi connectivity index (χ2n) is 9.09. The lowest BCUT2D eigenvalue weighted by atomic mass is 9.99. The van der Waals surface area contributed by atoms with Gasteiger partial charge in [-0.25, -0.2) is 4.98 Å². The minimum atomic E-state index is -5.01. The van der Waals surface area contributed by atoms with Crippen molar-refractivity contribution >= 4 is 11.7 Å². The van der Waals surface area contributed by atoms with Crippen molar-refractivity contribution in [3.05, 3.63) is 76.6 Å². The van der Waals surface area contributed by atoms with Crippen LogP contribution < -0.4 is 5.32 Å². The zero-order valence-electron chi connectivity index (χ0n) is 20.8. The first-order chi connectivity index (χ1) is 18.9. The Balaban J connectivity index is 1.63. The fraction of sp³-hybridized carbons (Fsp3) is 0.280. The van der Waals surface area contributed by atoms with Gasteiger partial charge in [-0.05, 0) is 53.1 Å². The smallest absolute Gasteiger partial charge is 0.369 e. The van der Waals surface area contributed by atoms with Crippen LogP contribution in [0.4, 0.5) is 32.2 Å². The molecule has 2 aromatic carbocycles. The lowest BCUT2D eigenvalue weighted by molar-refractivity contribution is -0.143. The molecular weight excluding hydrogens is 542 g/mol. The monoisotopic (exact) mass is 562 g/mol. The van der Waals surface area contributed by atoms with Gasteiger partial charge in [-0.15, -0.1) is 5.10 Å². The topological polar surface area (TPSA) is 102 Å². The highest BCUT2D eigenvalue weighted by Gasteiger charge is 2.37. The summed E-state index contributed by atoms with van der Waals surface area (Å²) in [5.41, 5.74) is -1.64. The highest BCUT2D eigenvalue weighted by Crippen LogP contribution is 2.37. The van der Waals surface area contributed by atoms with Crippen molar-refractivity contribution in [3.8, 4) is 17.2 Å². The maximum atomic E-state index is 14.0. The third-order valence-electron chi connectivity index (χ3n) is 6.27. The standard InChI is InChI=1S/C25H20F6N8O/c1-14-5-2-3-6-18(14)20-19-21(35-23(34-20)39-13-33-36-37-39)32-7-4-8-38(22(19)40)12-15-9-16(24(26,27)28)11-17(10-15)25(29,30)31/h2-3,5-6,9-11,13H,4,7-8,12H2,1H3,(H,32,34,35). The Hall–Kier alpha value is -4.56. The highest BCUT2D eigenvalue weighted by molar-refractivity contribution is 6.04. The molecule has 0 aliphatic carbocycles. The van der Waals surface area contributed by atoms with Gasteiger partial charge in [0.25, 0.3) is 11.9 Å². The van der Waals surface area contributed by atoms with Crippen molar-refractivity contribution in [2.45, 2.75) is 32.2 Å². The van der Waals surface area contributed by atoms with E-state index in [1.807, 2.05) is 0 Å². The van der Waals surface area contributed by atoms with E-state index in [1.54, 1.807) is 31.2 Å². The molecular formula is C25H20F6N8O. The van der Waals surface area contributed by atoms with Crippen LogP contribution in [0.15, 0.2) is 48.8 Å². The number of hydrogen-bond donors (Lipinski definition) is 1. The maximum absolute atomic E-state index is 14.0. The molecule has 3 heterocycles. The lowest BCUT2D eigenvalue weighted by Gasteiger charge is -2.28. The second kappa shape index (κ2) is 10.2. The number of aromatic nitrogens is 6. The van der Waals surface area contributed by atoms with Crippen LogP contribution in [0.25, 0.3) is 17.2 Å². The number of nitrogens with zero attached hydrogens (tertiary/aromatic N) is 7. The fourth-order valence-corrected chi connectivity index (χ4v) is 4.39. The number of amides is 1. The first-order valence-electron chi connectivity index (χ1n) is 11.9. The molecule has 0 unspecified atom stereocenters. The molecule has 0 saturated carbocycles. The zero-order valence-corrected chi connectivity index (χ0v) is 20.8. The molecule has 0 spiro atoms. The number of tetrazole rings is 1. The summed E-state index contributed by atoms with van der Waals surface area (Å²) in [5, 5.41) is 14.1. The van der Waals surface area contributed by atoms with Crippen LogP contribution in [0.5, 0.6) is 0 Å². The average Bonchev–Trinajstić information content (AvgIpc) is 3.43. The summed E-state index contributed by atoms with van der Waals surface area (Å²) in [7, 11) is 0. The molecule has 1 aliphatic heterocycles. The van der Waals surface area contributed by atoms with E-state index < -0.39 is 35.9 Å². The van der Waals surface area contributed by atoms with Crippen LogP contribution in [-0.2, 0) is 18.9 Å². The molecule has 0 atom stereocenters. The lowest BCUT2D eigenvalue weighted by Crippen LogP contribution is -2.36. The third-order valence-corrected chi connectivity index (χ3v) is 6.27. The molecule has 0 bridgehead atoms. The zero-order chi connectivity index (χ0) is 28.7. The minimum Gasteiger partial charge on any atom is -0.369 e. The molecule has 5 rings (SSSR count). The molecule has 4 aromatic rings. The summed E-state index contributed by atoms with van der Waals surface area (Å²) >= 11 is 0. The van der Waals surface area contributed by atoms with E-state index in [9.17, 15) is 31.1 Å². The number of aryl methyl sites for hydroxylation is 1. The van der Waals surface area contributed by atoms with E-state index in [1.165, 1.54) is 15.9 Å². The number of fused-ring (bicyclic) bond motifs is 1. The number of benzene rings is 2. The summed E-state index contributed by atoms with van der Waals surface area (Å²) in [6, 6.07) is 8.39. The molecule has 40 heavy (non-hydrogen) atoms. The van der Waals surface area contributed by atoms with E-state index in [-0.39, 0.29) is 41.2 Å². The van der Waals surface area contributed by atoms with E-state index >= 15 is 0 Å². The molecule has 1 aliphatic rings. The van der Waals surface area contributed by atoms with Crippen molar-refractivity contribution < 1.29 is 31.1 Å². The number of hydrogen-bond acceptors (Lipinski definition) is 7.